The number of aryl methyl sites for hydroxylation is 2. The molecule has 3 aromatic heterocycles. The summed E-state index contributed by atoms with van der Waals surface area (Å²) < 4.78 is 15.0. The van der Waals surface area contributed by atoms with E-state index in [0.717, 1.165) is 11.2 Å². The summed E-state index contributed by atoms with van der Waals surface area (Å²) in [5.41, 5.74) is 4.43. The maximum Gasteiger partial charge on any atom is 0.270 e. The van der Waals surface area contributed by atoms with E-state index in [9.17, 15) is 9.18 Å². The molecule has 1 aromatic carbocycles. The number of nitrogens with zero attached hydrogens (tertiary/aromatic N) is 3. The van der Waals surface area contributed by atoms with Gasteiger partial charge in [0, 0.05) is 19.2 Å². The van der Waals surface area contributed by atoms with E-state index in [1.807, 2.05) is 32.2 Å². The van der Waals surface area contributed by atoms with Crippen molar-refractivity contribution in [1.82, 2.24) is 24.7 Å². The zero-order valence-electron chi connectivity index (χ0n) is 14.5. The first-order chi connectivity index (χ1) is 12.5. The Bertz CT molecular complexity index is 1130. The fourth-order valence-electron chi connectivity index (χ4n) is 3.07. The lowest BCUT2D eigenvalue weighted by Gasteiger charge is -2.05. The number of nitrogens with one attached hydrogen (secondary N) is 2. The molecule has 0 atom stereocenters. The van der Waals surface area contributed by atoms with E-state index in [1.165, 1.54) is 12.1 Å². The minimum Gasteiger partial charge on any atom is -0.350 e. The van der Waals surface area contributed by atoms with Crippen LogP contribution in [0.1, 0.15) is 27.6 Å². The van der Waals surface area contributed by atoms with Crippen molar-refractivity contribution in [2.75, 3.05) is 6.54 Å². The summed E-state index contributed by atoms with van der Waals surface area (Å²) in [4.78, 5) is 24.5. The Morgan fingerprint density at radius 3 is 2.92 bits per heavy atom. The number of carbonyl (C=O) groups excluding carboxylic acids is 1. The molecule has 0 saturated carbocycles. The van der Waals surface area contributed by atoms with Crippen LogP contribution in [0.2, 0.25) is 0 Å². The maximum absolute atomic E-state index is 13.2. The lowest BCUT2D eigenvalue weighted by Crippen LogP contribution is -2.27. The minimum absolute atomic E-state index is 0.180. The number of rotatable bonds is 4. The highest BCUT2D eigenvalue weighted by Crippen LogP contribution is 2.14. The molecule has 0 saturated heterocycles. The van der Waals surface area contributed by atoms with Gasteiger partial charge in [0.05, 0.1) is 16.7 Å². The monoisotopic (exact) mass is 351 g/mol. The van der Waals surface area contributed by atoms with Gasteiger partial charge in [-0.05, 0) is 49.7 Å². The predicted molar refractivity (Wildman–Crippen MR) is 96.8 cm³/mol. The van der Waals surface area contributed by atoms with Crippen molar-refractivity contribution in [2.24, 2.45) is 0 Å². The van der Waals surface area contributed by atoms with Crippen LogP contribution < -0.4 is 5.32 Å². The molecule has 0 radical (unpaired) electrons. The van der Waals surface area contributed by atoms with Gasteiger partial charge in [0.25, 0.3) is 5.91 Å². The Morgan fingerprint density at radius 1 is 1.23 bits per heavy atom. The molecule has 1 amide bonds. The third kappa shape index (κ3) is 2.92. The van der Waals surface area contributed by atoms with E-state index in [-0.39, 0.29) is 11.7 Å². The molecule has 7 heteroatoms. The fourth-order valence-corrected chi connectivity index (χ4v) is 3.07. The zero-order chi connectivity index (χ0) is 18.3. The molecule has 0 fully saturated rings. The molecule has 26 heavy (non-hydrogen) atoms. The van der Waals surface area contributed by atoms with Crippen molar-refractivity contribution < 1.29 is 9.18 Å². The van der Waals surface area contributed by atoms with Crippen molar-refractivity contribution in [3.05, 3.63) is 65.1 Å². The summed E-state index contributed by atoms with van der Waals surface area (Å²) in [5.74, 6) is 0.219. The lowest BCUT2D eigenvalue weighted by molar-refractivity contribution is 0.0947. The first kappa shape index (κ1) is 16.3. The maximum atomic E-state index is 13.2. The van der Waals surface area contributed by atoms with Gasteiger partial charge in [-0.15, -0.1) is 0 Å². The second-order valence-electron chi connectivity index (χ2n) is 6.33. The van der Waals surface area contributed by atoms with Crippen molar-refractivity contribution in [3.63, 3.8) is 0 Å². The van der Waals surface area contributed by atoms with Crippen molar-refractivity contribution >= 4 is 22.6 Å². The number of fused-ring (bicyclic) bond motifs is 2. The van der Waals surface area contributed by atoms with Crippen LogP contribution in [-0.4, -0.2) is 31.8 Å². The Balaban J connectivity index is 1.47. The van der Waals surface area contributed by atoms with Gasteiger partial charge in [-0.3, -0.25) is 9.20 Å². The number of aromatic nitrogens is 4. The van der Waals surface area contributed by atoms with Gasteiger partial charge < -0.3 is 10.3 Å². The summed E-state index contributed by atoms with van der Waals surface area (Å²) in [6.07, 6.45) is 2.38. The molecule has 6 nitrogen and oxygen atoms in total. The topological polar surface area (TPSA) is 75.1 Å². The Kier molecular flexibility index (Phi) is 3.91. The van der Waals surface area contributed by atoms with Crippen LogP contribution in [0.4, 0.5) is 4.39 Å². The molecule has 3 heterocycles. The molecule has 0 aliphatic heterocycles. The molecular formula is C19H18FN5O. The van der Waals surface area contributed by atoms with E-state index >= 15 is 0 Å². The highest BCUT2D eigenvalue weighted by molar-refractivity contribution is 5.94. The molecule has 0 aliphatic rings. The largest absolute Gasteiger partial charge is 0.350 e. The molecule has 0 spiro atoms. The third-order valence-electron chi connectivity index (χ3n) is 4.31. The number of carbonyl (C=O) groups is 1. The van der Waals surface area contributed by atoms with Gasteiger partial charge >= 0.3 is 0 Å². The normalized spacial score (nSPS) is 11.3. The Hall–Kier alpha value is -3.22. The van der Waals surface area contributed by atoms with Gasteiger partial charge in [-0.2, -0.15) is 0 Å². The predicted octanol–water partition coefficient (Wildman–Crippen LogP) is 2.94. The quantitative estimate of drug-likeness (QED) is 0.594. The van der Waals surface area contributed by atoms with E-state index in [0.29, 0.717) is 41.2 Å². The first-order valence-electron chi connectivity index (χ1n) is 8.39. The highest BCUT2D eigenvalue weighted by Gasteiger charge is 2.16. The summed E-state index contributed by atoms with van der Waals surface area (Å²) in [7, 11) is 0. The number of H-pyrrole nitrogens is 1. The van der Waals surface area contributed by atoms with Gasteiger partial charge in [0.15, 0.2) is 0 Å². The molecule has 0 aliphatic carbocycles. The Morgan fingerprint density at radius 2 is 2.08 bits per heavy atom. The molecule has 132 valence electrons. The number of halogens is 1. The van der Waals surface area contributed by atoms with Crippen molar-refractivity contribution in [1.29, 1.82) is 0 Å². The fraction of sp³-hybridized carbons (Fsp3) is 0.211. The van der Waals surface area contributed by atoms with E-state index < -0.39 is 0 Å². The van der Waals surface area contributed by atoms with Crippen LogP contribution in [0, 0.1) is 19.7 Å². The molecule has 2 N–H and O–H groups in total. The van der Waals surface area contributed by atoms with Gasteiger partial charge in [-0.1, -0.05) is 0 Å². The second-order valence-corrected chi connectivity index (χ2v) is 6.33. The minimum atomic E-state index is -0.306. The van der Waals surface area contributed by atoms with Crippen LogP contribution in [-0.2, 0) is 6.42 Å². The first-order valence-corrected chi connectivity index (χ1v) is 8.39. The standard InChI is InChI=1S/C19H18FN5O/c1-11-6-8-25-17(9-11)22-12(2)18(25)19(26)21-7-5-16-23-14-4-3-13(20)10-15(14)24-16/h3-4,6,8-10H,5,7H2,1-2H3,(H,21,26)(H,23,24). The van der Waals surface area contributed by atoms with Crippen LogP contribution in [0.5, 0.6) is 0 Å². The number of amides is 1. The average Bonchev–Trinajstić information content (AvgIpc) is 3.13. The lowest BCUT2D eigenvalue weighted by atomic mass is 10.3. The molecular weight excluding hydrogens is 333 g/mol. The summed E-state index contributed by atoms with van der Waals surface area (Å²) in [6.45, 7) is 4.23. The van der Waals surface area contributed by atoms with E-state index in [1.54, 1.807) is 10.5 Å². The summed E-state index contributed by atoms with van der Waals surface area (Å²) in [5, 5.41) is 2.90. The smallest absolute Gasteiger partial charge is 0.270 e. The number of imidazole rings is 2. The number of pyridine rings is 1. The average molecular weight is 351 g/mol. The number of benzene rings is 1. The van der Waals surface area contributed by atoms with E-state index in [2.05, 4.69) is 20.3 Å². The third-order valence-corrected chi connectivity index (χ3v) is 4.31. The van der Waals surface area contributed by atoms with Crippen LogP contribution >= 0.6 is 0 Å². The second kappa shape index (κ2) is 6.25. The number of hydrogen-bond acceptors (Lipinski definition) is 3. The van der Waals surface area contributed by atoms with Gasteiger partial charge in [0.1, 0.15) is 23.0 Å². The van der Waals surface area contributed by atoms with E-state index in [4.69, 9.17) is 0 Å². The van der Waals surface area contributed by atoms with Gasteiger partial charge in [0.2, 0.25) is 0 Å². The van der Waals surface area contributed by atoms with Crippen molar-refractivity contribution in [2.45, 2.75) is 20.3 Å². The molecule has 0 unspecified atom stereocenters. The van der Waals surface area contributed by atoms with Crippen LogP contribution in [0.25, 0.3) is 16.7 Å². The SMILES string of the molecule is Cc1ccn2c(C(=O)NCCc3nc4ccc(F)cc4[nH]3)c(C)nc2c1. The van der Waals surface area contributed by atoms with Crippen LogP contribution in [0.3, 0.4) is 0 Å². The van der Waals surface area contributed by atoms with Crippen molar-refractivity contribution in [3.8, 4) is 0 Å². The summed E-state index contributed by atoms with van der Waals surface area (Å²) in [6, 6.07) is 8.31. The highest BCUT2D eigenvalue weighted by atomic mass is 19.1. The van der Waals surface area contributed by atoms with Crippen LogP contribution in [0.15, 0.2) is 36.5 Å². The molecule has 4 rings (SSSR count). The number of aromatic amines is 1. The summed E-state index contributed by atoms with van der Waals surface area (Å²) >= 11 is 0. The molecule has 0 bridgehead atoms. The van der Waals surface area contributed by atoms with Gasteiger partial charge in [-0.25, -0.2) is 14.4 Å². The molecule has 4 aromatic rings. The number of hydrogen-bond donors (Lipinski definition) is 2. The zero-order valence-corrected chi connectivity index (χ0v) is 14.5. The Labute approximate surface area is 149 Å².